The van der Waals surface area contributed by atoms with Crippen molar-refractivity contribution in [1.29, 1.82) is 0 Å². The summed E-state index contributed by atoms with van der Waals surface area (Å²) in [5, 5.41) is 12.0. The molecule has 0 spiro atoms. The van der Waals surface area contributed by atoms with Crippen LogP contribution in [0.2, 0.25) is 0 Å². The molecule has 4 rings (SSSR count). The molecule has 0 unspecified atom stereocenters. The Kier molecular flexibility index (Phi) is 5.89. The van der Waals surface area contributed by atoms with E-state index >= 15 is 0 Å². The fraction of sp³-hybridized carbons (Fsp3) is 0.190. The number of ether oxygens (including phenoxy) is 1. The third-order valence-corrected chi connectivity index (χ3v) is 5.22. The first-order valence-electron chi connectivity index (χ1n) is 9.50. The highest BCUT2D eigenvalue weighted by atomic mass is 32.1. The van der Waals surface area contributed by atoms with Crippen LogP contribution in [0.1, 0.15) is 12.6 Å². The number of nitrogens with one attached hydrogen (secondary N) is 2. The van der Waals surface area contributed by atoms with Gasteiger partial charge in [0.05, 0.1) is 17.9 Å². The fourth-order valence-corrected chi connectivity index (χ4v) is 3.79. The molecule has 0 aliphatic heterocycles. The molecule has 9 heteroatoms. The van der Waals surface area contributed by atoms with Crippen LogP contribution < -0.4 is 15.4 Å². The van der Waals surface area contributed by atoms with E-state index in [4.69, 9.17) is 4.74 Å². The third kappa shape index (κ3) is 4.41. The second-order valence-corrected chi connectivity index (χ2v) is 7.26. The predicted octanol–water partition coefficient (Wildman–Crippen LogP) is 4.36. The standard InChI is InChI=1S/C21H20FN5O2S/c1-2-29-16-9-7-14(8-10-16)24-20(28)23-12-11-15-13-30-21-25-19(26-27(15)21)17-5-3-4-6-18(17)22/h3-10,13H,2,11-12H2,1H3,(H2,23,24,28). The molecular weight excluding hydrogens is 405 g/mol. The maximum Gasteiger partial charge on any atom is 0.319 e. The highest BCUT2D eigenvalue weighted by Gasteiger charge is 2.14. The van der Waals surface area contributed by atoms with Crippen molar-refractivity contribution in [2.45, 2.75) is 13.3 Å². The second-order valence-electron chi connectivity index (χ2n) is 6.42. The van der Waals surface area contributed by atoms with Crippen LogP contribution in [0.15, 0.2) is 53.9 Å². The molecule has 2 N–H and O–H groups in total. The molecule has 7 nitrogen and oxygen atoms in total. The largest absolute Gasteiger partial charge is 0.494 e. The zero-order valence-corrected chi connectivity index (χ0v) is 17.1. The number of rotatable bonds is 7. The van der Waals surface area contributed by atoms with E-state index < -0.39 is 0 Å². The molecule has 0 saturated heterocycles. The van der Waals surface area contributed by atoms with Crippen LogP contribution >= 0.6 is 11.3 Å². The lowest BCUT2D eigenvalue weighted by atomic mass is 10.2. The van der Waals surface area contributed by atoms with E-state index in [0.717, 1.165) is 11.4 Å². The van der Waals surface area contributed by atoms with E-state index in [1.165, 1.54) is 17.4 Å². The van der Waals surface area contributed by atoms with Crippen molar-refractivity contribution < 1.29 is 13.9 Å². The normalized spacial score (nSPS) is 10.9. The number of hydrogen-bond acceptors (Lipinski definition) is 5. The number of thiazole rings is 1. The van der Waals surface area contributed by atoms with Crippen molar-refractivity contribution in [3.05, 3.63) is 65.4 Å². The summed E-state index contributed by atoms with van der Waals surface area (Å²) in [4.78, 5) is 17.2. The number of carbonyl (C=O) groups is 1. The van der Waals surface area contributed by atoms with Gasteiger partial charge < -0.3 is 15.4 Å². The zero-order valence-electron chi connectivity index (χ0n) is 16.3. The van der Waals surface area contributed by atoms with Gasteiger partial charge in [-0.05, 0) is 43.3 Å². The molecule has 30 heavy (non-hydrogen) atoms. The van der Waals surface area contributed by atoms with E-state index in [2.05, 4.69) is 20.7 Å². The minimum atomic E-state index is -0.357. The lowest BCUT2D eigenvalue weighted by molar-refractivity contribution is 0.252. The first-order valence-corrected chi connectivity index (χ1v) is 10.4. The summed E-state index contributed by atoms with van der Waals surface area (Å²) < 4.78 is 21.1. The van der Waals surface area contributed by atoms with Crippen LogP contribution in [0.25, 0.3) is 16.3 Å². The first kappa shape index (κ1) is 19.8. The molecule has 2 aromatic heterocycles. The van der Waals surface area contributed by atoms with Gasteiger partial charge in [0.15, 0.2) is 5.82 Å². The predicted molar refractivity (Wildman–Crippen MR) is 115 cm³/mol. The van der Waals surface area contributed by atoms with Crippen molar-refractivity contribution >= 4 is 28.0 Å². The Morgan fingerprint density at radius 1 is 1.20 bits per heavy atom. The van der Waals surface area contributed by atoms with Gasteiger partial charge in [-0.2, -0.15) is 4.98 Å². The molecular formula is C21H20FN5O2S. The van der Waals surface area contributed by atoms with Gasteiger partial charge in [0.1, 0.15) is 11.6 Å². The number of aromatic nitrogens is 3. The Balaban J connectivity index is 1.34. The van der Waals surface area contributed by atoms with Gasteiger partial charge in [0.25, 0.3) is 0 Å². The number of carbonyl (C=O) groups excluding carboxylic acids is 1. The Morgan fingerprint density at radius 3 is 2.77 bits per heavy atom. The van der Waals surface area contributed by atoms with Crippen LogP contribution in [-0.4, -0.2) is 33.8 Å². The van der Waals surface area contributed by atoms with Crippen LogP contribution in [0.4, 0.5) is 14.9 Å². The molecule has 2 heterocycles. The van der Waals surface area contributed by atoms with Crippen molar-refractivity contribution in [3.63, 3.8) is 0 Å². The van der Waals surface area contributed by atoms with Crippen LogP contribution in [-0.2, 0) is 6.42 Å². The van der Waals surface area contributed by atoms with Gasteiger partial charge in [-0.15, -0.1) is 16.4 Å². The van der Waals surface area contributed by atoms with Crippen LogP contribution in [0.5, 0.6) is 5.75 Å². The third-order valence-electron chi connectivity index (χ3n) is 4.35. The maximum absolute atomic E-state index is 14.0. The molecule has 0 bridgehead atoms. The number of halogens is 1. The maximum atomic E-state index is 14.0. The highest BCUT2D eigenvalue weighted by molar-refractivity contribution is 7.15. The summed E-state index contributed by atoms with van der Waals surface area (Å²) in [5.41, 5.74) is 1.94. The van der Waals surface area contributed by atoms with Crippen LogP contribution in [0.3, 0.4) is 0 Å². The monoisotopic (exact) mass is 425 g/mol. The summed E-state index contributed by atoms with van der Waals surface area (Å²) >= 11 is 1.43. The number of fused-ring (bicyclic) bond motifs is 1. The molecule has 4 aromatic rings. The molecule has 2 amide bonds. The molecule has 0 aliphatic carbocycles. The Bertz CT molecular complexity index is 1160. The number of hydrogen-bond donors (Lipinski definition) is 2. The molecule has 0 atom stereocenters. The minimum Gasteiger partial charge on any atom is -0.494 e. The van der Waals surface area contributed by atoms with Gasteiger partial charge in [0.2, 0.25) is 4.96 Å². The van der Waals surface area contributed by atoms with Crippen LogP contribution in [0, 0.1) is 5.82 Å². The summed E-state index contributed by atoms with van der Waals surface area (Å²) in [6, 6.07) is 13.3. The lowest BCUT2D eigenvalue weighted by Crippen LogP contribution is -2.30. The Hall–Kier alpha value is -3.46. The smallest absolute Gasteiger partial charge is 0.319 e. The quantitative estimate of drug-likeness (QED) is 0.461. The lowest BCUT2D eigenvalue weighted by Gasteiger charge is -2.08. The van der Waals surface area contributed by atoms with Gasteiger partial charge in [-0.25, -0.2) is 13.7 Å². The van der Waals surface area contributed by atoms with Gasteiger partial charge in [-0.1, -0.05) is 12.1 Å². The van der Waals surface area contributed by atoms with E-state index in [9.17, 15) is 9.18 Å². The topological polar surface area (TPSA) is 80.5 Å². The Morgan fingerprint density at radius 2 is 2.00 bits per heavy atom. The second kappa shape index (κ2) is 8.91. The van der Waals surface area contributed by atoms with E-state index in [1.807, 2.05) is 12.3 Å². The average molecular weight is 425 g/mol. The van der Waals surface area contributed by atoms with Crippen molar-refractivity contribution in [3.8, 4) is 17.1 Å². The first-order chi connectivity index (χ1) is 14.6. The minimum absolute atomic E-state index is 0.295. The number of benzene rings is 2. The van der Waals surface area contributed by atoms with E-state index in [1.54, 1.807) is 47.0 Å². The highest BCUT2D eigenvalue weighted by Crippen LogP contribution is 2.23. The zero-order chi connectivity index (χ0) is 20.9. The average Bonchev–Trinajstić information content (AvgIpc) is 3.32. The molecule has 154 valence electrons. The molecule has 0 fully saturated rings. The number of amides is 2. The van der Waals surface area contributed by atoms with Gasteiger partial charge in [-0.3, -0.25) is 0 Å². The number of urea groups is 1. The molecule has 2 aromatic carbocycles. The SMILES string of the molecule is CCOc1ccc(NC(=O)NCCc2csc3nc(-c4ccccc4F)nn23)cc1. The molecule has 0 saturated carbocycles. The van der Waals surface area contributed by atoms with Crippen molar-refractivity contribution in [2.75, 3.05) is 18.5 Å². The fourth-order valence-electron chi connectivity index (χ4n) is 2.93. The Labute approximate surface area is 176 Å². The number of anilines is 1. The van der Waals surface area contributed by atoms with Gasteiger partial charge >= 0.3 is 6.03 Å². The summed E-state index contributed by atoms with van der Waals surface area (Å²) in [5.74, 6) is 0.750. The van der Waals surface area contributed by atoms with E-state index in [0.29, 0.717) is 41.6 Å². The summed E-state index contributed by atoms with van der Waals surface area (Å²) in [6.45, 7) is 2.93. The summed E-state index contributed by atoms with van der Waals surface area (Å²) in [6.07, 6.45) is 0.566. The molecule has 0 radical (unpaired) electrons. The van der Waals surface area contributed by atoms with Crippen molar-refractivity contribution in [1.82, 2.24) is 19.9 Å². The number of nitrogens with zero attached hydrogens (tertiary/aromatic N) is 3. The van der Waals surface area contributed by atoms with Gasteiger partial charge in [0, 0.05) is 24.0 Å². The molecule has 0 aliphatic rings. The summed E-state index contributed by atoms with van der Waals surface area (Å²) in [7, 11) is 0. The van der Waals surface area contributed by atoms with E-state index in [-0.39, 0.29) is 11.8 Å². The van der Waals surface area contributed by atoms with Crippen molar-refractivity contribution in [2.24, 2.45) is 0 Å².